The number of H-pyrrole nitrogens is 1. The Kier molecular flexibility index (Phi) is 8.95. The second kappa shape index (κ2) is 12.2. The maximum absolute atomic E-state index is 13.0. The van der Waals surface area contributed by atoms with Crippen molar-refractivity contribution in [2.75, 3.05) is 19.7 Å². The van der Waals surface area contributed by atoms with Crippen molar-refractivity contribution in [1.29, 1.82) is 0 Å². The van der Waals surface area contributed by atoms with Gasteiger partial charge in [-0.25, -0.2) is 4.98 Å². The highest BCUT2D eigenvalue weighted by Gasteiger charge is 2.26. The average Bonchev–Trinajstić information content (AvgIpc) is 3.74. The molecule has 2 aromatic heterocycles. The van der Waals surface area contributed by atoms with Crippen molar-refractivity contribution in [1.82, 2.24) is 20.6 Å². The fraction of sp³-hybridized carbons (Fsp3) is 0.483. The zero-order chi connectivity index (χ0) is 25.9. The molecule has 2 aliphatic rings. The minimum absolute atomic E-state index is 0. The monoisotopic (exact) mass is 540 g/mol. The van der Waals surface area contributed by atoms with Gasteiger partial charge in [-0.15, -0.1) is 12.4 Å². The van der Waals surface area contributed by atoms with Gasteiger partial charge in [0.25, 0.3) is 11.5 Å². The number of piperidine rings is 1. The molecule has 5 rings (SSSR count). The van der Waals surface area contributed by atoms with Gasteiger partial charge >= 0.3 is 0 Å². The van der Waals surface area contributed by atoms with Crippen molar-refractivity contribution >= 4 is 29.3 Å². The maximum Gasteiger partial charge on any atom is 0.262 e. The van der Waals surface area contributed by atoms with Gasteiger partial charge in [0.05, 0.1) is 17.9 Å². The number of fused-ring (bicyclic) bond motifs is 1. The summed E-state index contributed by atoms with van der Waals surface area (Å²) in [7, 11) is 0. The summed E-state index contributed by atoms with van der Waals surface area (Å²) in [5.41, 5.74) is 2.08. The molecule has 8 nitrogen and oxygen atoms in total. The second-order valence-electron chi connectivity index (χ2n) is 10.3. The Labute approximate surface area is 229 Å². The lowest BCUT2D eigenvalue weighted by Crippen LogP contribution is -2.37. The van der Waals surface area contributed by atoms with Crippen LogP contribution in [0.1, 0.15) is 74.2 Å². The molecule has 1 amide bonds. The Morgan fingerprint density at radius 3 is 2.68 bits per heavy atom. The van der Waals surface area contributed by atoms with Crippen LogP contribution in [-0.2, 0) is 0 Å². The van der Waals surface area contributed by atoms with Gasteiger partial charge in [0, 0.05) is 18.0 Å². The number of rotatable bonds is 9. The Morgan fingerprint density at radius 1 is 1.21 bits per heavy atom. The van der Waals surface area contributed by atoms with E-state index in [9.17, 15) is 14.7 Å². The zero-order valence-corrected chi connectivity index (χ0v) is 22.8. The highest BCUT2D eigenvalue weighted by atomic mass is 35.5. The molecule has 1 aromatic carbocycles. The molecule has 1 aliphatic carbocycles. The van der Waals surface area contributed by atoms with Crippen molar-refractivity contribution in [3.63, 3.8) is 0 Å². The molecule has 3 heterocycles. The van der Waals surface area contributed by atoms with Gasteiger partial charge in [-0.05, 0) is 86.7 Å². The lowest BCUT2D eigenvalue weighted by atomic mass is 9.88. The topological polar surface area (TPSA) is 116 Å². The van der Waals surface area contributed by atoms with Gasteiger partial charge in [0.15, 0.2) is 0 Å². The normalized spacial score (nSPS) is 17.3. The van der Waals surface area contributed by atoms with E-state index in [1.165, 1.54) is 0 Å². The van der Waals surface area contributed by atoms with E-state index in [1.807, 2.05) is 26.0 Å². The van der Waals surface area contributed by atoms with Gasteiger partial charge in [-0.2, -0.15) is 0 Å². The molecule has 0 radical (unpaired) electrons. The van der Waals surface area contributed by atoms with Crippen LogP contribution < -0.4 is 20.9 Å². The first-order valence-corrected chi connectivity index (χ1v) is 13.5. The minimum atomic E-state index is -0.476. The summed E-state index contributed by atoms with van der Waals surface area (Å²) < 4.78 is 6.09. The third kappa shape index (κ3) is 5.97. The number of hydrogen-bond acceptors (Lipinski definition) is 6. The second-order valence-corrected chi connectivity index (χ2v) is 10.3. The lowest BCUT2D eigenvalue weighted by molar-refractivity contribution is 0.0933. The molecular formula is C29H37ClN4O4. The molecule has 1 saturated carbocycles. The number of aromatic amines is 1. The van der Waals surface area contributed by atoms with Crippen LogP contribution >= 0.6 is 12.4 Å². The van der Waals surface area contributed by atoms with Crippen molar-refractivity contribution in [3.05, 3.63) is 51.8 Å². The standard InChI is InChI=1S/C29H36N4O4.ClH/c1-3-19(4-2)31-28(35)22-13-21-20(18-7-6-12-30-15-18)14-23(32-27(21)33-29(22)36)26-24(34)8-5-9-25(26)37-16-17-10-11-17;/h5,8-9,13-14,17-19,30,34H,3-4,6-7,10-12,15-16H2,1-2H3,(H,31,35)(H,32,33,36);1H. The predicted octanol–water partition coefficient (Wildman–Crippen LogP) is 4.89. The number of aromatic nitrogens is 2. The third-order valence-electron chi connectivity index (χ3n) is 7.59. The highest BCUT2D eigenvalue weighted by Crippen LogP contribution is 2.41. The van der Waals surface area contributed by atoms with E-state index in [-0.39, 0.29) is 41.6 Å². The zero-order valence-electron chi connectivity index (χ0n) is 22.0. The van der Waals surface area contributed by atoms with Crippen molar-refractivity contribution < 1.29 is 14.6 Å². The van der Waals surface area contributed by atoms with Crippen LogP contribution in [0.15, 0.2) is 35.1 Å². The number of carbonyl (C=O) groups is 1. The quantitative estimate of drug-likeness (QED) is 0.307. The Hall–Kier alpha value is -3.10. The number of ether oxygens (including phenoxy) is 1. The van der Waals surface area contributed by atoms with Crippen LogP contribution in [0, 0.1) is 5.92 Å². The maximum atomic E-state index is 13.0. The molecule has 4 N–H and O–H groups in total. The fourth-order valence-corrected chi connectivity index (χ4v) is 5.10. The fourth-order valence-electron chi connectivity index (χ4n) is 5.10. The smallest absolute Gasteiger partial charge is 0.262 e. The van der Waals surface area contributed by atoms with E-state index in [0.29, 0.717) is 35.2 Å². The van der Waals surface area contributed by atoms with Crippen molar-refractivity contribution in [2.45, 2.75) is 64.3 Å². The third-order valence-corrected chi connectivity index (χ3v) is 7.59. The Bertz CT molecular complexity index is 1340. The number of hydrogen-bond donors (Lipinski definition) is 4. The summed E-state index contributed by atoms with van der Waals surface area (Å²) in [6.45, 7) is 6.39. The SMILES string of the molecule is CCC(CC)NC(=O)c1cc2c(C3CCCNC3)cc(-c3c(O)cccc3OCC3CC3)nc2[nH]c1=O.Cl. The molecule has 0 bridgehead atoms. The molecule has 2 fully saturated rings. The first-order chi connectivity index (χ1) is 18.0. The van der Waals surface area contributed by atoms with E-state index in [1.54, 1.807) is 18.2 Å². The van der Waals surface area contributed by atoms with E-state index < -0.39 is 5.56 Å². The summed E-state index contributed by atoms with van der Waals surface area (Å²) >= 11 is 0. The number of halogens is 1. The Balaban J connectivity index is 0.00000336. The van der Waals surface area contributed by atoms with Gasteiger partial charge in [-0.3, -0.25) is 9.59 Å². The first kappa shape index (κ1) is 27.9. The molecule has 1 unspecified atom stereocenters. The molecule has 9 heteroatoms. The van der Waals surface area contributed by atoms with Crippen LogP contribution in [0.3, 0.4) is 0 Å². The van der Waals surface area contributed by atoms with Crippen LogP contribution in [0.25, 0.3) is 22.3 Å². The summed E-state index contributed by atoms with van der Waals surface area (Å²) in [5, 5.41) is 18.0. The van der Waals surface area contributed by atoms with Crippen molar-refractivity contribution in [3.8, 4) is 22.8 Å². The number of carbonyl (C=O) groups excluding carboxylic acids is 1. The lowest BCUT2D eigenvalue weighted by Gasteiger charge is -2.25. The number of benzene rings is 1. The Morgan fingerprint density at radius 2 is 2.00 bits per heavy atom. The average molecular weight is 541 g/mol. The number of phenolic OH excluding ortho intramolecular Hbond substituents is 1. The highest BCUT2D eigenvalue weighted by molar-refractivity contribution is 5.98. The van der Waals surface area contributed by atoms with Gasteiger partial charge < -0.3 is 25.5 Å². The summed E-state index contributed by atoms with van der Waals surface area (Å²) in [5.74, 6) is 1.03. The molecule has 204 valence electrons. The summed E-state index contributed by atoms with van der Waals surface area (Å²) in [4.78, 5) is 33.7. The number of nitrogens with zero attached hydrogens (tertiary/aromatic N) is 1. The van der Waals surface area contributed by atoms with E-state index in [2.05, 4.69) is 15.6 Å². The minimum Gasteiger partial charge on any atom is -0.507 e. The molecular weight excluding hydrogens is 504 g/mol. The molecule has 0 spiro atoms. The number of pyridine rings is 2. The van der Waals surface area contributed by atoms with E-state index in [4.69, 9.17) is 9.72 Å². The molecule has 1 saturated heterocycles. The molecule has 38 heavy (non-hydrogen) atoms. The number of amides is 1. The van der Waals surface area contributed by atoms with Gasteiger partial charge in [0.1, 0.15) is 22.7 Å². The predicted molar refractivity (Wildman–Crippen MR) is 152 cm³/mol. The first-order valence-electron chi connectivity index (χ1n) is 13.5. The number of nitrogens with one attached hydrogen (secondary N) is 3. The summed E-state index contributed by atoms with van der Waals surface area (Å²) in [6.07, 6.45) is 5.92. The van der Waals surface area contributed by atoms with Gasteiger partial charge in [0.2, 0.25) is 0 Å². The van der Waals surface area contributed by atoms with Crippen LogP contribution in [-0.4, -0.2) is 46.7 Å². The van der Waals surface area contributed by atoms with Crippen LogP contribution in [0.2, 0.25) is 0 Å². The summed E-state index contributed by atoms with van der Waals surface area (Å²) in [6, 6.07) is 8.92. The number of phenols is 1. The van der Waals surface area contributed by atoms with Crippen molar-refractivity contribution in [2.24, 2.45) is 5.92 Å². The number of aromatic hydroxyl groups is 1. The van der Waals surface area contributed by atoms with E-state index >= 15 is 0 Å². The molecule has 1 aliphatic heterocycles. The molecule has 1 atom stereocenters. The van der Waals surface area contributed by atoms with Gasteiger partial charge in [-0.1, -0.05) is 19.9 Å². The molecule has 3 aromatic rings. The van der Waals surface area contributed by atoms with Crippen LogP contribution in [0.5, 0.6) is 11.5 Å². The van der Waals surface area contributed by atoms with Crippen LogP contribution in [0.4, 0.5) is 0 Å². The van der Waals surface area contributed by atoms with E-state index in [0.717, 1.165) is 62.6 Å². The largest absolute Gasteiger partial charge is 0.507 e.